The van der Waals surface area contributed by atoms with Crippen LogP contribution in [0.2, 0.25) is 0 Å². The third-order valence-corrected chi connectivity index (χ3v) is 3.38. The van der Waals surface area contributed by atoms with Crippen molar-refractivity contribution in [1.29, 1.82) is 5.41 Å². The van der Waals surface area contributed by atoms with Gasteiger partial charge in [0.05, 0.1) is 10.7 Å². The summed E-state index contributed by atoms with van der Waals surface area (Å²) in [4.78, 5) is 4.43. The molecular formula is C8H13N3S2. The van der Waals surface area contributed by atoms with E-state index < -0.39 is 0 Å². The lowest BCUT2D eigenvalue weighted by Gasteiger charge is -1.97. The van der Waals surface area contributed by atoms with Crippen molar-refractivity contribution >= 4 is 28.3 Å². The summed E-state index contributed by atoms with van der Waals surface area (Å²) in [6.07, 6.45) is 0. The SMILES string of the molecule is CC(C)c1nc(CSC(=N)N)cs1. The molecule has 5 heteroatoms. The average Bonchev–Trinajstić information content (AvgIpc) is 2.48. The largest absolute Gasteiger partial charge is 0.379 e. The van der Waals surface area contributed by atoms with Gasteiger partial charge < -0.3 is 5.73 Å². The summed E-state index contributed by atoms with van der Waals surface area (Å²) in [7, 11) is 0. The van der Waals surface area contributed by atoms with Crippen LogP contribution in [-0.2, 0) is 5.75 Å². The fraction of sp³-hybridized carbons (Fsp3) is 0.500. The smallest absolute Gasteiger partial charge is 0.151 e. The topological polar surface area (TPSA) is 62.8 Å². The molecule has 1 rings (SSSR count). The Morgan fingerprint density at radius 2 is 2.46 bits per heavy atom. The minimum absolute atomic E-state index is 0.152. The molecule has 3 N–H and O–H groups in total. The number of hydrogen-bond donors (Lipinski definition) is 2. The predicted molar refractivity (Wildman–Crippen MR) is 59.4 cm³/mol. The first kappa shape index (κ1) is 10.5. The number of aromatic nitrogens is 1. The lowest BCUT2D eigenvalue weighted by Crippen LogP contribution is -2.03. The van der Waals surface area contributed by atoms with Gasteiger partial charge in [-0.15, -0.1) is 11.3 Å². The number of nitrogens with two attached hydrogens (primary N) is 1. The molecule has 1 aromatic rings. The molecule has 0 aliphatic rings. The van der Waals surface area contributed by atoms with Crippen LogP contribution >= 0.6 is 23.1 Å². The molecule has 0 fully saturated rings. The lowest BCUT2D eigenvalue weighted by molar-refractivity contribution is 0.846. The molecule has 0 aliphatic carbocycles. The molecule has 0 aliphatic heterocycles. The number of rotatable bonds is 3. The van der Waals surface area contributed by atoms with Gasteiger partial charge in [0.2, 0.25) is 0 Å². The van der Waals surface area contributed by atoms with Gasteiger partial charge in [-0.05, 0) is 0 Å². The monoisotopic (exact) mass is 215 g/mol. The minimum atomic E-state index is 0.152. The zero-order valence-electron chi connectivity index (χ0n) is 7.70. The number of thioether (sulfide) groups is 1. The van der Waals surface area contributed by atoms with E-state index >= 15 is 0 Å². The van der Waals surface area contributed by atoms with Gasteiger partial charge in [-0.1, -0.05) is 25.6 Å². The normalized spacial score (nSPS) is 10.7. The Bertz CT molecular complexity index is 293. The molecule has 3 nitrogen and oxygen atoms in total. The Hall–Kier alpha value is -0.550. The van der Waals surface area contributed by atoms with E-state index in [-0.39, 0.29) is 5.17 Å². The van der Waals surface area contributed by atoms with E-state index in [0.29, 0.717) is 11.7 Å². The van der Waals surface area contributed by atoms with E-state index in [4.69, 9.17) is 11.1 Å². The molecule has 72 valence electrons. The molecular weight excluding hydrogens is 202 g/mol. The molecule has 0 aromatic carbocycles. The predicted octanol–water partition coefficient (Wildman–Crippen LogP) is 2.39. The maximum absolute atomic E-state index is 7.05. The van der Waals surface area contributed by atoms with Crippen molar-refractivity contribution in [1.82, 2.24) is 4.98 Å². The molecule has 0 saturated heterocycles. The van der Waals surface area contributed by atoms with E-state index in [1.807, 2.05) is 5.38 Å². The molecule has 0 unspecified atom stereocenters. The fourth-order valence-electron chi connectivity index (χ4n) is 0.806. The first-order valence-electron chi connectivity index (χ1n) is 4.00. The molecule has 1 heterocycles. The van der Waals surface area contributed by atoms with Crippen LogP contribution in [-0.4, -0.2) is 10.2 Å². The number of thiazole rings is 1. The fourth-order valence-corrected chi connectivity index (χ4v) is 2.20. The van der Waals surface area contributed by atoms with Gasteiger partial charge in [0.15, 0.2) is 5.17 Å². The summed E-state index contributed by atoms with van der Waals surface area (Å²) < 4.78 is 0. The van der Waals surface area contributed by atoms with Crippen LogP contribution in [0, 0.1) is 5.41 Å². The zero-order chi connectivity index (χ0) is 9.84. The van der Waals surface area contributed by atoms with Gasteiger partial charge in [-0.25, -0.2) is 4.98 Å². The number of amidine groups is 1. The Kier molecular flexibility index (Phi) is 3.74. The van der Waals surface area contributed by atoms with E-state index in [9.17, 15) is 0 Å². The number of nitrogens with zero attached hydrogens (tertiary/aromatic N) is 1. The van der Waals surface area contributed by atoms with E-state index in [1.54, 1.807) is 11.3 Å². The van der Waals surface area contributed by atoms with Crippen molar-refractivity contribution in [2.45, 2.75) is 25.5 Å². The van der Waals surface area contributed by atoms with Gasteiger partial charge >= 0.3 is 0 Å². The highest BCUT2D eigenvalue weighted by molar-refractivity contribution is 8.13. The van der Waals surface area contributed by atoms with Crippen molar-refractivity contribution in [3.05, 3.63) is 16.1 Å². The second kappa shape index (κ2) is 4.62. The Labute approximate surface area is 86.3 Å². The molecule has 1 aromatic heterocycles. The molecule has 0 spiro atoms. The molecule has 0 atom stereocenters. The summed E-state index contributed by atoms with van der Waals surface area (Å²) in [6, 6.07) is 0. The molecule has 0 radical (unpaired) electrons. The minimum Gasteiger partial charge on any atom is -0.379 e. The third-order valence-electron chi connectivity index (χ3n) is 1.44. The summed E-state index contributed by atoms with van der Waals surface area (Å²) in [5.74, 6) is 1.19. The van der Waals surface area contributed by atoms with Crippen LogP contribution in [0.15, 0.2) is 5.38 Å². The molecule has 0 bridgehead atoms. The summed E-state index contributed by atoms with van der Waals surface area (Å²) >= 11 is 2.99. The van der Waals surface area contributed by atoms with E-state index in [1.165, 1.54) is 11.8 Å². The van der Waals surface area contributed by atoms with Gasteiger partial charge in [-0.2, -0.15) is 0 Å². The van der Waals surface area contributed by atoms with Gasteiger partial charge in [0.1, 0.15) is 0 Å². The zero-order valence-corrected chi connectivity index (χ0v) is 9.34. The Morgan fingerprint density at radius 3 is 2.92 bits per heavy atom. The summed E-state index contributed by atoms with van der Waals surface area (Å²) in [5.41, 5.74) is 6.25. The first-order valence-corrected chi connectivity index (χ1v) is 5.87. The van der Waals surface area contributed by atoms with Crippen molar-refractivity contribution in [2.75, 3.05) is 0 Å². The summed E-state index contributed by atoms with van der Waals surface area (Å²) in [6.45, 7) is 4.25. The van der Waals surface area contributed by atoms with E-state index in [0.717, 1.165) is 10.7 Å². The second-order valence-corrected chi connectivity index (χ2v) is 4.89. The van der Waals surface area contributed by atoms with Crippen molar-refractivity contribution < 1.29 is 0 Å². The molecule has 13 heavy (non-hydrogen) atoms. The number of nitrogens with one attached hydrogen (secondary N) is 1. The van der Waals surface area contributed by atoms with Crippen molar-refractivity contribution in [3.8, 4) is 0 Å². The molecule has 0 amide bonds. The van der Waals surface area contributed by atoms with Gasteiger partial charge in [-0.3, -0.25) is 5.41 Å². The quantitative estimate of drug-likeness (QED) is 0.601. The van der Waals surface area contributed by atoms with Crippen LogP contribution in [0.5, 0.6) is 0 Å². The highest BCUT2D eigenvalue weighted by Gasteiger charge is 2.05. The standard InChI is InChI=1S/C8H13N3S2/c1-5(2)7-11-6(3-12-7)4-13-8(9)10/h3,5H,4H2,1-2H3,(H3,9,10). The van der Waals surface area contributed by atoms with Crippen LogP contribution in [0.4, 0.5) is 0 Å². The van der Waals surface area contributed by atoms with Gasteiger partial charge in [0, 0.05) is 17.1 Å². The maximum Gasteiger partial charge on any atom is 0.151 e. The maximum atomic E-state index is 7.05. The average molecular weight is 215 g/mol. The highest BCUT2D eigenvalue weighted by Crippen LogP contribution is 2.21. The van der Waals surface area contributed by atoms with Gasteiger partial charge in [0.25, 0.3) is 0 Å². The van der Waals surface area contributed by atoms with Crippen LogP contribution in [0.25, 0.3) is 0 Å². The first-order chi connectivity index (χ1) is 6.09. The summed E-state index contributed by atoms with van der Waals surface area (Å²) in [5, 5.41) is 10.4. The van der Waals surface area contributed by atoms with Crippen molar-refractivity contribution in [3.63, 3.8) is 0 Å². The number of hydrogen-bond acceptors (Lipinski definition) is 4. The Balaban J connectivity index is 2.54. The lowest BCUT2D eigenvalue weighted by atomic mass is 10.2. The van der Waals surface area contributed by atoms with Crippen LogP contribution in [0.3, 0.4) is 0 Å². The molecule has 0 saturated carbocycles. The highest BCUT2D eigenvalue weighted by atomic mass is 32.2. The van der Waals surface area contributed by atoms with Crippen LogP contribution in [0.1, 0.15) is 30.5 Å². The van der Waals surface area contributed by atoms with E-state index in [2.05, 4.69) is 18.8 Å². The van der Waals surface area contributed by atoms with Crippen molar-refractivity contribution in [2.24, 2.45) is 5.73 Å². The van der Waals surface area contributed by atoms with Crippen LogP contribution < -0.4 is 5.73 Å². The second-order valence-electron chi connectivity index (χ2n) is 2.98. The third kappa shape index (κ3) is 3.36. The Morgan fingerprint density at radius 1 is 1.77 bits per heavy atom.